The van der Waals surface area contributed by atoms with E-state index in [-0.39, 0.29) is 5.78 Å². The van der Waals surface area contributed by atoms with Crippen LogP contribution in [0.25, 0.3) is 0 Å². The summed E-state index contributed by atoms with van der Waals surface area (Å²) in [5.74, 6) is 1.69. The Labute approximate surface area is 128 Å². The molecule has 2 rings (SSSR count). The average Bonchev–Trinajstić information content (AvgIpc) is 2.47. The fourth-order valence-electron chi connectivity index (χ4n) is 3.05. The van der Waals surface area contributed by atoms with Crippen LogP contribution < -0.4 is 4.74 Å². The zero-order chi connectivity index (χ0) is 15.5. The van der Waals surface area contributed by atoms with E-state index in [2.05, 4.69) is 25.7 Å². The lowest BCUT2D eigenvalue weighted by Crippen LogP contribution is -2.40. The summed E-state index contributed by atoms with van der Waals surface area (Å²) < 4.78 is 5.18. The van der Waals surface area contributed by atoms with Gasteiger partial charge in [-0.15, -0.1) is 0 Å². The zero-order valence-corrected chi connectivity index (χ0v) is 13.7. The summed E-state index contributed by atoms with van der Waals surface area (Å²) in [5.41, 5.74) is 1.12. The van der Waals surface area contributed by atoms with Crippen LogP contribution in [0.5, 0.6) is 5.75 Å². The van der Waals surface area contributed by atoms with Crippen LogP contribution in [0.3, 0.4) is 0 Å². The van der Waals surface area contributed by atoms with Crippen LogP contribution in [-0.2, 0) is 0 Å². The predicted molar refractivity (Wildman–Crippen MR) is 85.9 cm³/mol. The lowest BCUT2D eigenvalue weighted by atomic mass is 9.75. The molecule has 0 N–H and O–H groups in total. The van der Waals surface area contributed by atoms with Crippen LogP contribution in [0.4, 0.5) is 0 Å². The fourth-order valence-corrected chi connectivity index (χ4v) is 3.05. The van der Waals surface area contributed by atoms with Gasteiger partial charge >= 0.3 is 0 Å². The second-order valence-electron chi connectivity index (χ2n) is 7.07. The maximum absolute atomic E-state index is 12.4. The Morgan fingerprint density at radius 2 is 1.95 bits per heavy atom. The molecule has 21 heavy (non-hydrogen) atoms. The highest BCUT2D eigenvalue weighted by Gasteiger charge is 2.29. The third kappa shape index (κ3) is 4.31. The number of carbonyl (C=O) groups excluding carboxylic acids is 1. The molecule has 1 saturated heterocycles. The van der Waals surface area contributed by atoms with Crippen LogP contribution >= 0.6 is 0 Å². The minimum Gasteiger partial charge on any atom is -0.497 e. The molecule has 0 aliphatic carbocycles. The first-order chi connectivity index (χ1) is 9.90. The van der Waals surface area contributed by atoms with Gasteiger partial charge in [-0.05, 0) is 49.4 Å². The summed E-state index contributed by atoms with van der Waals surface area (Å²) >= 11 is 0. The molecule has 0 radical (unpaired) electrons. The predicted octanol–water partition coefficient (Wildman–Crippen LogP) is 3.64. The summed E-state index contributed by atoms with van der Waals surface area (Å²) in [7, 11) is 1.63. The summed E-state index contributed by atoms with van der Waals surface area (Å²) in [6, 6.07) is 7.43. The van der Waals surface area contributed by atoms with Crippen molar-refractivity contribution in [1.29, 1.82) is 0 Å². The van der Waals surface area contributed by atoms with Crippen molar-refractivity contribution in [2.24, 2.45) is 11.3 Å². The maximum atomic E-state index is 12.4. The number of ether oxygens (including phenoxy) is 1. The van der Waals surface area contributed by atoms with Crippen LogP contribution in [0.2, 0.25) is 0 Å². The minimum absolute atomic E-state index is 0.183. The standard InChI is InChI=1S/C18H27NO2/c1-18(2,3)15-8-10-19(11-9-15)13-17(20)14-6-5-7-16(12-14)21-4/h5-7,12,15H,8-11,13H2,1-4H3. The molecule has 3 heteroatoms. The number of benzene rings is 1. The average molecular weight is 289 g/mol. The first-order valence-corrected chi connectivity index (χ1v) is 7.80. The van der Waals surface area contributed by atoms with Gasteiger partial charge in [-0.25, -0.2) is 0 Å². The fraction of sp³-hybridized carbons (Fsp3) is 0.611. The number of hydrogen-bond acceptors (Lipinski definition) is 3. The van der Waals surface area contributed by atoms with E-state index < -0.39 is 0 Å². The summed E-state index contributed by atoms with van der Waals surface area (Å²) in [6.07, 6.45) is 2.38. The van der Waals surface area contributed by atoms with E-state index >= 15 is 0 Å². The van der Waals surface area contributed by atoms with Crippen molar-refractivity contribution in [2.75, 3.05) is 26.7 Å². The molecule has 0 amide bonds. The zero-order valence-electron chi connectivity index (χ0n) is 13.7. The smallest absolute Gasteiger partial charge is 0.176 e. The number of rotatable bonds is 4. The quantitative estimate of drug-likeness (QED) is 0.793. The van der Waals surface area contributed by atoms with E-state index in [4.69, 9.17) is 4.74 Å². The van der Waals surface area contributed by atoms with Crippen LogP contribution in [0.1, 0.15) is 44.0 Å². The molecule has 0 bridgehead atoms. The molecule has 1 aromatic rings. The molecule has 0 atom stereocenters. The number of carbonyl (C=O) groups is 1. The van der Waals surface area contributed by atoms with Gasteiger partial charge in [0.15, 0.2) is 5.78 Å². The van der Waals surface area contributed by atoms with Gasteiger partial charge in [0.1, 0.15) is 5.75 Å². The van der Waals surface area contributed by atoms with Gasteiger partial charge in [0.25, 0.3) is 0 Å². The van der Waals surface area contributed by atoms with Gasteiger partial charge < -0.3 is 4.74 Å². The number of ketones is 1. The summed E-state index contributed by atoms with van der Waals surface area (Å²) in [5, 5.41) is 0. The van der Waals surface area contributed by atoms with Gasteiger partial charge in [-0.1, -0.05) is 32.9 Å². The molecule has 0 unspecified atom stereocenters. The van der Waals surface area contributed by atoms with Crippen molar-refractivity contribution in [3.63, 3.8) is 0 Å². The van der Waals surface area contributed by atoms with Gasteiger partial charge in [0.05, 0.1) is 13.7 Å². The second kappa shape index (κ2) is 6.61. The van der Waals surface area contributed by atoms with Crippen molar-refractivity contribution in [3.8, 4) is 5.75 Å². The number of nitrogens with zero attached hydrogens (tertiary/aromatic N) is 1. The SMILES string of the molecule is COc1cccc(C(=O)CN2CCC(C(C)(C)C)CC2)c1. The van der Waals surface area contributed by atoms with Crippen molar-refractivity contribution in [2.45, 2.75) is 33.6 Å². The van der Waals surface area contributed by atoms with Crippen LogP contribution in [-0.4, -0.2) is 37.4 Å². The Balaban J connectivity index is 1.89. The number of Topliss-reactive ketones (excluding diaryl/α,β-unsaturated/α-hetero) is 1. The van der Waals surface area contributed by atoms with Gasteiger partial charge in [0.2, 0.25) is 0 Å². The molecule has 0 aromatic heterocycles. The molecular formula is C18H27NO2. The normalized spacial score (nSPS) is 17.7. The van der Waals surface area contributed by atoms with E-state index in [1.165, 1.54) is 12.8 Å². The molecule has 1 aliphatic heterocycles. The molecule has 3 nitrogen and oxygen atoms in total. The highest BCUT2D eigenvalue weighted by molar-refractivity contribution is 5.97. The van der Waals surface area contributed by atoms with Gasteiger partial charge in [-0.3, -0.25) is 9.69 Å². The van der Waals surface area contributed by atoms with Crippen molar-refractivity contribution in [1.82, 2.24) is 4.90 Å². The third-order valence-electron chi connectivity index (χ3n) is 4.57. The lowest BCUT2D eigenvalue weighted by Gasteiger charge is -2.38. The molecule has 0 spiro atoms. The van der Waals surface area contributed by atoms with E-state index in [9.17, 15) is 4.79 Å². The summed E-state index contributed by atoms with van der Waals surface area (Å²) in [6.45, 7) is 9.51. The minimum atomic E-state index is 0.183. The molecule has 1 fully saturated rings. The first kappa shape index (κ1) is 16.0. The molecule has 116 valence electrons. The van der Waals surface area contributed by atoms with Gasteiger partial charge in [0, 0.05) is 5.56 Å². The highest BCUT2D eigenvalue weighted by Crippen LogP contribution is 2.34. The van der Waals surface area contributed by atoms with Crippen LogP contribution in [0, 0.1) is 11.3 Å². The largest absolute Gasteiger partial charge is 0.497 e. The highest BCUT2D eigenvalue weighted by atomic mass is 16.5. The number of hydrogen-bond donors (Lipinski definition) is 0. The Hall–Kier alpha value is -1.35. The van der Waals surface area contributed by atoms with E-state index in [1.807, 2.05) is 24.3 Å². The molecule has 1 aliphatic rings. The Morgan fingerprint density at radius 1 is 1.29 bits per heavy atom. The van der Waals surface area contributed by atoms with Crippen molar-refractivity contribution < 1.29 is 9.53 Å². The second-order valence-corrected chi connectivity index (χ2v) is 7.07. The maximum Gasteiger partial charge on any atom is 0.176 e. The van der Waals surface area contributed by atoms with E-state index in [0.717, 1.165) is 30.3 Å². The molecule has 0 saturated carbocycles. The number of methoxy groups -OCH3 is 1. The van der Waals surface area contributed by atoms with Crippen molar-refractivity contribution >= 4 is 5.78 Å². The van der Waals surface area contributed by atoms with E-state index in [0.29, 0.717) is 12.0 Å². The molecule has 1 heterocycles. The Kier molecular flexibility index (Phi) is 5.04. The van der Waals surface area contributed by atoms with Gasteiger partial charge in [-0.2, -0.15) is 0 Å². The lowest BCUT2D eigenvalue weighted by molar-refractivity contribution is 0.0821. The number of piperidine rings is 1. The molecular weight excluding hydrogens is 262 g/mol. The third-order valence-corrected chi connectivity index (χ3v) is 4.57. The topological polar surface area (TPSA) is 29.5 Å². The number of likely N-dealkylation sites (tertiary alicyclic amines) is 1. The van der Waals surface area contributed by atoms with Crippen molar-refractivity contribution in [3.05, 3.63) is 29.8 Å². The molecule has 1 aromatic carbocycles. The summed E-state index contributed by atoms with van der Waals surface area (Å²) in [4.78, 5) is 14.6. The Bertz CT molecular complexity index is 482. The van der Waals surface area contributed by atoms with Crippen LogP contribution in [0.15, 0.2) is 24.3 Å². The monoisotopic (exact) mass is 289 g/mol. The van der Waals surface area contributed by atoms with E-state index in [1.54, 1.807) is 7.11 Å². The Morgan fingerprint density at radius 3 is 2.52 bits per heavy atom. The first-order valence-electron chi connectivity index (χ1n) is 7.80.